The van der Waals surface area contributed by atoms with Crippen molar-refractivity contribution < 1.29 is 14.3 Å². The van der Waals surface area contributed by atoms with Gasteiger partial charge in [-0.3, -0.25) is 4.79 Å². The minimum Gasteiger partial charge on any atom is -0.498 e. The maximum atomic E-state index is 12.7. The van der Waals surface area contributed by atoms with Gasteiger partial charge in [0.2, 0.25) is 0 Å². The highest BCUT2D eigenvalue weighted by molar-refractivity contribution is 5.94. The van der Waals surface area contributed by atoms with Gasteiger partial charge in [-0.2, -0.15) is 15.4 Å². The summed E-state index contributed by atoms with van der Waals surface area (Å²) in [6.45, 7) is 3.74. The number of allylic oxidation sites excluding steroid dienone is 1. The molecule has 2 aliphatic heterocycles. The molecule has 1 amide bonds. The molecule has 1 fully saturated rings. The first-order valence-electron chi connectivity index (χ1n) is 7.21. The summed E-state index contributed by atoms with van der Waals surface area (Å²) in [6.07, 6.45) is 3.32. The fourth-order valence-electron chi connectivity index (χ4n) is 3.04. The first kappa shape index (κ1) is 14.1. The van der Waals surface area contributed by atoms with Gasteiger partial charge < -0.3 is 14.4 Å². The summed E-state index contributed by atoms with van der Waals surface area (Å²) in [4.78, 5) is 14.5. The van der Waals surface area contributed by atoms with E-state index in [1.54, 1.807) is 13.3 Å². The van der Waals surface area contributed by atoms with Crippen molar-refractivity contribution in [3.63, 3.8) is 0 Å². The molecule has 7 heteroatoms. The maximum absolute atomic E-state index is 12.7. The third kappa shape index (κ3) is 2.65. The molecule has 2 aliphatic rings. The van der Waals surface area contributed by atoms with E-state index in [-0.39, 0.29) is 17.9 Å². The molecule has 0 saturated carbocycles. The van der Waals surface area contributed by atoms with Crippen LogP contribution in [0.5, 0.6) is 0 Å². The number of aromatic amines is 1. The maximum Gasteiger partial charge on any atom is 0.253 e. The van der Waals surface area contributed by atoms with Crippen molar-refractivity contribution in [2.24, 2.45) is 0 Å². The van der Waals surface area contributed by atoms with Crippen LogP contribution >= 0.6 is 0 Å². The average Bonchev–Trinajstić information content (AvgIpc) is 3.15. The number of aromatic nitrogens is 3. The molecule has 21 heavy (non-hydrogen) atoms. The predicted molar refractivity (Wildman–Crippen MR) is 74.4 cm³/mol. The van der Waals surface area contributed by atoms with Gasteiger partial charge in [-0.05, 0) is 19.8 Å². The molecule has 1 aromatic heterocycles. The Bertz CT molecular complexity index is 540. The number of H-pyrrole nitrogens is 1. The Morgan fingerprint density at radius 3 is 3.05 bits per heavy atom. The van der Waals surface area contributed by atoms with Gasteiger partial charge in [0.1, 0.15) is 5.76 Å². The molecule has 0 spiro atoms. The molecule has 3 rings (SSSR count). The molecular weight excluding hydrogens is 272 g/mol. The zero-order valence-corrected chi connectivity index (χ0v) is 12.3. The van der Waals surface area contributed by atoms with Crippen molar-refractivity contribution in [1.82, 2.24) is 20.3 Å². The van der Waals surface area contributed by atoms with Crippen LogP contribution in [0.4, 0.5) is 0 Å². The first-order chi connectivity index (χ1) is 10.2. The third-order valence-corrected chi connectivity index (χ3v) is 4.24. The second-order valence-electron chi connectivity index (χ2n) is 5.47. The van der Waals surface area contributed by atoms with Crippen molar-refractivity contribution in [1.29, 1.82) is 0 Å². The van der Waals surface area contributed by atoms with Gasteiger partial charge >= 0.3 is 0 Å². The van der Waals surface area contributed by atoms with Gasteiger partial charge in [0.05, 0.1) is 36.1 Å². The van der Waals surface area contributed by atoms with Crippen molar-refractivity contribution in [2.75, 3.05) is 26.8 Å². The summed E-state index contributed by atoms with van der Waals surface area (Å²) in [6, 6.07) is 0. The number of ether oxygens (including phenoxy) is 2. The molecule has 0 bridgehead atoms. The lowest BCUT2D eigenvalue weighted by Crippen LogP contribution is -2.32. The van der Waals surface area contributed by atoms with E-state index in [4.69, 9.17) is 9.47 Å². The number of hydrogen-bond donors (Lipinski definition) is 1. The van der Waals surface area contributed by atoms with Gasteiger partial charge in [-0.15, -0.1) is 0 Å². The van der Waals surface area contributed by atoms with Gasteiger partial charge in [0.15, 0.2) is 0 Å². The van der Waals surface area contributed by atoms with Crippen LogP contribution in [0.15, 0.2) is 17.5 Å². The van der Waals surface area contributed by atoms with E-state index >= 15 is 0 Å². The van der Waals surface area contributed by atoms with E-state index < -0.39 is 0 Å². The Morgan fingerprint density at radius 2 is 2.38 bits per heavy atom. The lowest BCUT2D eigenvalue weighted by atomic mass is 10.0. The Hall–Kier alpha value is -1.89. The second-order valence-corrected chi connectivity index (χ2v) is 5.47. The van der Waals surface area contributed by atoms with E-state index in [1.165, 1.54) is 0 Å². The van der Waals surface area contributed by atoms with Crippen molar-refractivity contribution >= 4 is 5.91 Å². The molecule has 0 aliphatic carbocycles. The Labute approximate surface area is 123 Å². The summed E-state index contributed by atoms with van der Waals surface area (Å²) in [7, 11) is 1.67. The average molecular weight is 292 g/mol. The van der Waals surface area contributed by atoms with Crippen molar-refractivity contribution in [3.05, 3.63) is 23.2 Å². The number of rotatable bonds is 3. The predicted octanol–water partition coefficient (Wildman–Crippen LogP) is 0.830. The molecule has 1 aromatic rings. The molecular formula is C14H20N4O3. The fraction of sp³-hybridized carbons (Fsp3) is 0.643. The minimum atomic E-state index is -0.0514. The first-order valence-corrected chi connectivity index (χ1v) is 7.21. The number of carbonyl (C=O) groups is 1. The van der Waals surface area contributed by atoms with Gasteiger partial charge in [0, 0.05) is 20.2 Å². The van der Waals surface area contributed by atoms with Crippen LogP contribution in [-0.2, 0) is 14.3 Å². The van der Waals surface area contributed by atoms with Gasteiger partial charge in [0.25, 0.3) is 5.91 Å². The van der Waals surface area contributed by atoms with Crippen molar-refractivity contribution in [3.8, 4) is 0 Å². The van der Waals surface area contributed by atoms with Crippen LogP contribution in [-0.4, -0.2) is 59.1 Å². The summed E-state index contributed by atoms with van der Waals surface area (Å²) < 4.78 is 11.0. The van der Waals surface area contributed by atoms with Crippen molar-refractivity contribution in [2.45, 2.75) is 31.8 Å². The van der Waals surface area contributed by atoms with Crippen LogP contribution in [0.1, 0.15) is 31.4 Å². The molecule has 0 aromatic carbocycles. The number of hydrogen-bond acceptors (Lipinski definition) is 5. The number of carbonyl (C=O) groups excluding carboxylic acids is 1. The largest absolute Gasteiger partial charge is 0.498 e. The fourth-order valence-corrected chi connectivity index (χ4v) is 3.04. The third-order valence-electron chi connectivity index (χ3n) is 4.24. The molecule has 2 atom stereocenters. The molecule has 0 radical (unpaired) electrons. The highest BCUT2D eigenvalue weighted by Gasteiger charge is 2.39. The smallest absolute Gasteiger partial charge is 0.253 e. The van der Waals surface area contributed by atoms with E-state index in [1.807, 2.05) is 11.8 Å². The van der Waals surface area contributed by atoms with Crippen LogP contribution in [0, 0.1) is 0 Å². The van der Waals surface area contributed by atoms with E-state index in [2.05, 4.69) is 15.4 Å². The lowest BCUT2D eigenvalue weighted by molar-refractivity contribution is -0.127. The number of amides is 1. The van der Waals surface area contributed by atoms with E-state index in [0.717, 1.165) is 29.9 Å². The van der Waals surface area contributed by atoms with Gasteiger partial charge in [-0.25, -0.2) is 0 Å². The Balaban J connectivity index is 1.77. The normalized spacial score (nSPS) is 26.1. The van der Waals surface area contributed by atoms with Gasteiger partial charge in [-0.1, -0.05) is 0 Å². The lowest BCUT2D eigenvalue weighted by Gasteiger charge is -2.23. The second kappa shape index (κ2) is 5.85. The summed E-state index contributed by atoms with van der Waals surface area (Å²) in [5.41, 5.74) is 1.62. The summed E-state index contributed by atoms with van der Waals surface area (Å²) >= 11 is 0. The highest BCUT2D eigenvalue weighted by atomic mass is 16.5. The van der Waals surface area contributed by atoms with Crippen LogP contribution < -0.4 is 0 Å². The number of methoxy groups -OCH3 is 1. The molecule has 3 heterocycles. The zero-order chi connectivity index (χ0) is 14.8. The zero-order valence-electron chi connectivity index (χ0n) is 12.3. The van der Waals surface area contributed by atoms with E-state index in [9.17, 15) is 4.79 Å². The van der Waals surface area contributed by atoms with Crippen LogP contribution in [0.2, 0.25) is 0 Å². The molecule has 0 unspecified atom stereocenters. The standard InChI is InChI=1S/C14H20N4O3/c1-9-10(4-3-5-21-9)14(19)18-7-11(13(8-18)20-2)12-6-15-17-16-12/h6,11,13H,3-5,7-8H2,1-2H3,(H,15,16,17)/t11-,13+/m0/s1. The van der Waals surface area contributed by atoms with E-state index in [0.29, 0.717) is 19.7 Å². The number of nitrogens with one attached hydrogen (secondary N) is 1. The van der Waals surface area contributed by atoms with Crippen LogP contribution in [0.3, 0.4) is 0 Å². The molecule has 7 nitrogen and oxygen atoms in total. The molecule has 1 saturated heterocycles. The Kier molecular flexibility index (Phi) is 3.92. The summed E-state index contributed by atoms with van der Waals surface area (Å²) in [5.74, 6) is 0.869. The minimum absolute atomic E-state index is 0.0514. The topological polar surface area (TPSA) is 80.3 Å². The molecule has 114 valence electrons. The Morgan fingerprint density at radius 1 is 1.52 bits per heavy atom. The summed E-state index contributed by atoms with van der Waals surface area (Å²) in [5, 5.41) is 10.6. The highest BCUT2D eigenvalue weighted by Crippen LogP contribution is 2.30. The number of nitrogens with zero attached hydrogens (tertiary/aromatic N) is 3. The molecule has 1 N–H and O–H groups in total. The van der Waals surface area contributed by atoms with Crippen LogP contribution in [0.25, 0.3) is 0 Å². The quantitative estimate of drug-likeness (QED) is 0.892. The monoisotopic (exact) mass is 292 g/mol. The number of likely N-dealkylation sites (tertiary alicyclic amines) is 1. The SMILES string of the molecule is CO[C@@H]1CN(C(=O)C2=C(C)OCCC2)C[C@H]1c1cn[nH]n1.